The van der Waals surface area contributed by atoms with Gasteiger partial charge in [0.15, 0.2) is 16.6 Å². The quantitative estimate of drug-likeness (QED) is 0.527. The van der Waals surface area contributed by atoms with E-state index in [0.717, 1.165) is 35.6 Å². The largest absolute Gasteiger partial charge is 0.486 e. The number of halogens is 1. The summed E-state index contributed by atoms with van der Waals surface area (Å²) >= 11 is 7.61. The molecule has 2 aromatic carbocycles. The predicted molar refractivity (Wildman–Crippen MR) is 122 cm³/mol. The number of carbonyl (C=O) groups excluding carboxylic acids is 1. The zero-order chi connectivity index (χ0) is 21.1. The highest BCUT2D eigenvalue weighted by Gasteiger charge is 2.23. The van der Waals surface area contributed by atoms with E-state index in [-0.39, 0.29) is 5.91 Å². The number of aromatic nitrogens is 1. The van der Waals surface area contributed by atoms with Crippen molar-refractivity contribution in [2.24, 2.45) is 0 Å². The molecule has 0 aliphatic carbocycles. The van der Waals surface area contributed by atoms with Crippen molar-refractivity contribution in [1.29, 1.82) is 0 Å². The van der Waals surface area contributed by atoms with Crippen LogP contribution in [-0.2, 0) is 0 Å². The molecular formula is C22H24ClN3O3S. The van der Waals surface area contributed by atoms with Crippen LogP contribution in [0.2, 0.25) is 5.02 Å². The van der Waals surface area contributed by atoms with E-state index in [9.17, 15) is 4.79 Å². The Morgan fingerprint density at radius 2 is 1.83 bits per heavy atom. The first-order valence-electron chi connectivity index (χ1n) is 10.1. The SMILES string of the molecule is CCN(CC)CCN(C(=O)c1cccc(Cl)c1)c1nc2cc3c(cc2s1)OCCO3. The number of hydrogen-bond donors (Lipinski definition) is 0. The van der Waals surface area contributed by atoms with Crippen molar-refractivity contribution >= 4 is 44.2 Å². The molecule has 0 N–H and O–H groups in total. The van der Waals surface area contributed by atoms with Crippen molar-refractivity contribution in [2.45, 2.75) is 13.8 Å². The Bertz CT molecular complexity index is 1010. The fourth-order valence-corrected chi connectivity index (χ4v) is 4.60. The number of rotatable bonds is 7. The molecule has 0 saturated carbocycles. The lowest BCUT2D eigenvalue weighted by molar-refractivity contribution is 0.0984. The van der Waals surface area contributed by atoms with Crippen molar-refractivity contribution in [3.05, 3.63) is 47.0 Å². The van der Waals surface area contributed by atoms with Crippen LogP contribution in [0.3, 0.4) is 0 Å². The first-order valence-corrected chi connectivity index (χ1v) is 11.3. The van der Waals surface area contributed by atoms with Crippen molar-refractivity contribution in [3.63, 3.8) is 0 Å². The number of ether oxygens (including phenoxy) is 2. The Hall–Kier alpha value is -2.35. The number of nitrogens with zero attached hydrogens (tertiary/aromatic N) is 3. The summed E-state index contributed by atoms with van der Waals surface area (Å²) in [5.74, 6) is 1.31. The Balaban J connectivity index is 1.69. The van der Waals surface area contributed by atoms with E-state index in [1.54, 1.807) is 29.2 Å². The van der Waals surface area contributed by atoms with Crippen LogP contribution >= 0.6 is 22.9 Å². The summed E-state index contributed by atoms with van der Waals surface area (Å²) in [6.45, 7) is 8.46. The number of hydrogen-bond acceptors (Lipinski definition) is 6. The van der Waals surface area contributed by atoms with Gasteiger partial charge in [0, 0.05) is 35.8 Å². The molecule has 1 aromatic heterocycles. The van der Waals surface area contributed by atoms with Gasteiger partial charge in [0.05, 0.1) is 10.2 Å². The molecular weight excluding hydrogens is 422 g/mol. The van der Waals surface area contributed by atoms with Crippen LogP contribution in [0.15, 0.2) is 36.4 Å². The summed E-state index contributed by atoms with van der Waals surface area (Å²) < 4.78 is 12.3. The highest BCUT2D eigenvalue weighted by Crippen LogP contribution is 2.39. The smallest absolute Gasteiger partial charge is 0.260 e. The molecule has 0 unspecified atom stereocenters. The standard InChI is InChI=1S/C22H24ClN3O3S/c1-3-25(4-2)8-9-26(21(27)15-6-5-7-16(23)12-15)22-24-17-13-18-19(14-20(17)30-22)29-11-10-28-18/h5-7,12-14H,3-4,8-11H2,1-2H3. The average molecular weight is 446 g/mol. The lowest BCUT2D eigenvalue weighted by Crippen LogP contribution is -2.38. The molecule has 1 aliphatic rings. The van der Waals surface area contributed by atoms with E-state index in [1.807, 2.05) is 12.1 Å². The zero-order valence-corrected chi connectivity index (χ0v) is 18.6. The second-order valence-corrected chi connectivity index (χ2v) is 8.40. The minimum Gasteiger partial charge on any atom is -0.486 e. The van der Waals surface area contributed by atoms with Crippen LogP contribution in [0, 0.1) is 0 Å². The predicted octanol–water partition coefficient (Wildman–Crippen LogP) is 4.71. The van der Waals surface area contributed by atoms with Crippen LogP contribution in [0.1, 0.15) is 24.2 Å². The third-order valence-corrected chi connectivity index (χ3v) is 6.40. The maximum Gasteiger partial charge on any atom is 0.260 e. The van der Waals surface area contributed by atoms with E-state index >= 15 is 0 Å². The molecule has 158 valence electrons. The molecule has 0 atom stereocenters. The normalized spacial score (nSPS) is 13.1. The van der Waals surface area contributed by atoms with Gasteiger partial charge in [0.1, 0.15) is 13.2 Å². The van der Waals surface area contributed by atoms with Gasteiger partial charge >= 0.3 is 0 Å². The lowest BCUT2D eigenvalue weighted by Gasteiger charge is -2.24. The molecule has 2 heterocycles. The second-order valence-electron chi connectivity index (χ2n) is 6.95. The Labute approximate surface area is 185 Å². The molecule has 30 heavy (non-hydrogen) atoms. The fraction of sp³-hybridized carbons (Fsp3) is 0.364. The minimum absolute atomic E-state index is 0.110. The summed E-state index contributed by atoms with van der Waals surface area (Å²) in [5, 5.41) is 1.19. The van der Waals surface area contributed by atoms with Crippen LogP contribution < -0.4 is 14.4 Å². The first-order chi connectivity index (χ1) is 14.6. The lowest BCUT2D eigenvalue weighted by atomic mass is 10.2. The van der Waals surface area contributed by atoms with Crippen LogP contribution in [-0.4, -0.2) is 55.2 Å². The Morgan fingerprint density at radius 3 is 2.53 bits per heavy atom. The van der Waals surface area contributed by atoms with Crippen molar-refractivity contribution in [3.8, 4) is 11.5 Å². The Morgan fingerprint density at radius 1 is 1.10 bits per heavy atom. The molecule has 3 aromatic rings. The van der Waals surface area contributed by atoms with E-state index in [1.165, 1.54) is 11.3 Å². The van der Waals surface area contributed by atoms with Gasteiger partial charge in [-0.2, -0.15) is 0 Å². The molecule has 4 rings (SSSR count). The van der Waals surface area contributed by atoms with E-state index in [4.69, 9.17) is 26.1 Å². The number of amides is 1. The van der Waals surface area contributed by atoms with Crippen molar-refractivity contribution in [2.75, 3.05) is 44.3 Å². The summed E-state index contributed by atoms with van der Waals surface area (Å²) in [6.07, 6.45) is 0. The maximum absolute atomic E-state index is 13.4. The Kier molecular flexibility index (Phi) is 6.41. The zero-order valence-electron chi connectivity index (χ0n) is 17.1. The number of fused-ring (bicyclic) bond motifs is 2. The summed E-state index contributed by atoms with van der Waals surface area (Å²) in [6, 6.07) is 10.9. The number of likely N-dealkylation sites (N-methyl/N-ethyl adjacent to an activating group) is 1. The van der Waals surface area contributed by atoms with Gasteiger partial charge in [-0.15, -0.1) is 0 Å². The van der Waals surface area contributed by atoms with E-state index < -0.39 is 0 Å². The number of anilines is 1. The summed E-state index contributed by atoms with van der Waals surface area (Å²) in [4.78, 5) is 22.2. The number of carbonyl (C=O) groups is 1. The van der Waals surface area contributed by atoms with Crippen molar-refractivity contribution in [1.82, 2.24) is 9.88 Å². The maximum atomic E-state index is 13.4. The average Bonchev–Trinajstić information content (AvgIpc) is 3.17. The third kappa shape index (κ3) is 4.38. The van der Waals surface area contributed by atoms with Gasteiger partial charge in [0.25, 0.3) is 5.91 Å². The van der Waals surface area contributed by atoms with Gasteiger partial charge in [-0.1, -0.05) is 42.9 Å². The van der Waals surface area contributed by atoms with Crippen LogP contribution in [0.4, 0.5) is 5.13 Å². The van der Waals surface area contributed by atoms with Gasteiger partial charge < -0.3 is 14.4 Å². The topological polar surface area (TPSA) is 54.9 Å². The van der Waals surface area contributed by atoms with Gasteiger partial charge in [-0.3, -0.25) is 9.69 Å². The van der Waals surface area contributed by atoms with Gasteiger partial charge in [-0.25, -0.2) is 4.98 Å². The second kappa shape index (κ2) is 9.20. The summed E-state index contributed by atoms with van der Waals surface area (Å²) in [5.41, 5.74) is 1.35. The molecule has 1 aliphatic heterocycles. The molecule has 8 heteroatoms. The first kappa shape index (κ1) is 20.9. The highest BCUT2D eigenvalue weighted by molar-refractivity contribution is 7.22. The fourth-order valence-electron chi connectivity index (χ4n) is 3.41. The molecule has 0 fully saturated rings. The highest BCUT2D eigenvalue weighted by atomic mass is 35.5. The number of thiazole rings is 1. The van der Waals surface area contributed by atoms with Crippen LogP contribution in [0.25, 0.3) is 10.2 Å². The van der Waals surface area contributed by atoms with E-state index in [2.05, 4.69) is 18.7 Å². The minimum atomic E-state index is -0.110. The molecule has 0 bridgehead atoms. The third-order valence-electron chi connectivity index (χ3n) is 5.12. The van der Waals surface area contributed by atoms with E-state index in [0.29, 0.717) is 41.2 Å². The van der Waals surface area contributed by atoms with Crippen molar-refractivity contribution < 1.29 is 14.3 Å². The van der Waals surface area contributed by atoms with Crippen LogP contribution in [0.5, 0.6) is 11.5 Å². The molecule has 0 saturated heterocycles. The molecule has 1 amide bonds. The molecule has 0 spiro atoms. The van der Waals surface area contributed by atoms with Gasteiger partial charge in [0.2, 0.25) is 0 Å². The molecule has 0 radical (unpaired) electrons. The molecule has 6 nitrogen and oxygen atoms in total. The summed E-state index contributed by atoms with van der Waals surface area (Å²) in [7, 11) is 0. The number of benzene rings is 2. The van der Waals surface area contributed by atoms with Gasteiger partial charge in [-0.05, 0) is 31.3 Å². The monoisotopic (exact) mass is 445 g/mol.